The molecule has 0 aliphatic heterocycles. The van der Waals surface area contributed by atoms with Crippen molar-refractivity contribution in [3.8, 4) is 5.75 Å². The minimum absolute atomic E-state index is 0.175. The first-order chi connectivity index (χ1) is 15.3. The van der Waals surface area contributed by atoms with Crippen LogP contribution in [-0.2, 0) is 27.4 Å². The van der Waals surface area contributed by atoms with E-state index in [-0.39, 0.29) is 18.0 Å². The fourth-order valence-electron chi connectivity index (χ4n) is 3.09. The van der Waals surface area contributed by atoms with E-state index in [0.717, 1.165) is 29.8 Å². The van der Waals surface area contributed by atoms with Gasteiger partial charge in [-0.15, -0.1) is 0 Å². The maximum atomic E-state index is 12.9. The summed E-state index contributed by atoms with van der Waals surface area (Å²) in [6, 6.07) is 10.4. The number of sulfonamides is 1. The molecule has 0 saturated heterocycles. The van der Waals surface area contributed by atoms with Gasteiger partial charge in [-0.3, -0.25) is 0 Å². The summed E-state index contributed by atoms with van der Waals surface area (Å²) in [5.74, 6) is -0.680. The van der Waals surface area contributed by atoms with Gasteiger partial charge in [0.1, 0.15) is 5.75 Å². The van der Waals surface area contributed by atoms with E-state index in [1.165, 1.54) is 18.2 Å². The molecule has 6 nitrogen and oxygen atoms in total. The number of alkyl halides is 3. The summed E-state index contributed by atoms with van der Waals surface area (Å²) >= 11 is 0. The van der Waals surface area contributed by atoms with Gasteiger partial charge in [0.15, 0.2) is 5.60 Å². The molecule has 0 spiro atoms. The van der Waals surface area contributed by atoms with Crippen LogP contribution in [0.25, 0.3) is 0 Å². The minimum Gasteiger partial charge on any atom is -0.478 e. The highest BCUT2D eigenvalue weighted by Gasteiger charge is 2.32. The third-order valence-electron chi connectivity index (χ3n) is 4.98. The van der Waals surface area contributed by atoms with E-state index in [2.05, 4.69) is 0 Å². The van der Waals surface area contributed by atoms with Crippen molar-refractivity contribution in [3.05, 3.63) is 59.7 Å². The third-order valence-corrected chi connectivity index (χ3v) is 6.89. The van der Waals surface area contributed by atoms with Crippen molar-refractivity contribution in [3.63, 3.8) is 0 Å². The van der Waals surface area contributed by atoms with Gasteiger partial charge in [-0.05, 0) is 75.1 Å². The number of aliphatic carboxylic acids is 1. The lowest BCUT2D eigenvalue weighted by atomic mass is 10.1. The second kappa shape index (κ2) is 10.6. The number of ether oxygens (including phenoxy) is 1. The zero-order valence-electron chi connectivity index (χ0n) is 18.7. The van der Waals surface area contributed by atoms with Crippen LogP contribution in [0.2, 0.25) is 0 Å². The zero-order chi connectivity index (χ0) is 24.9. The summed E-state index contributed by atoms with van der Waals surface area (Å²) < 4.78 is 70.9. The van der Waals surface area contributed by atoms with Crippen molar-refractivity contribution in [2.45, 2.75) is 56.7 Å². The Balaban J connectivity index is 2.03. The molecule has 0 aliphatic carbocycles. The highest BCUT2D eigenvalue weighted by atomic mass is 32.2. The Kier molecular flexibility index (Phi) is 8.53. The van der Waals surface area contributed by atoms with Crippen LogP contribution in [-0.4, -0.2) is 42.5 Å². The smallest absolute Gasteiger partial charge is 0.416 e. The number of carboxylic acids is 1. The largest absolute Gasteiger partial charge is 0.478 e. The van der Waals surface area contributed by atoms with Gasteiger partial charge in [0.25, 0.3) is 0 Å². The lowest BCUT2D eigenvalue weighted by molar-refractivity contribution is -0.152. The van der Waals surface area contributed by atoms with Gasteiger partial charge < -0.3 is 9.84 Å². The molecule has 0 atom stereocenters. The van der Waals surface area contributed by atoms with Gasteiger partial charge in [-0.25, -0.2) is 13.2 Å². The molecule has 2 rings (SSSR count). The molecule has 33 heavy (non-hydrogen) atoms. The van der Waals surface area contributed by atoms with Crippen LogP contribution in [0.3, 0.4) is 0 Å². The Hall–Kier alpha value is -2.59. The third kappa shape index (κ3) is 7.20. The van der Waals surface area contributed by atoms with Crippen molar-refractivity contribution in [1.82, 2.24) is 4.31 Å². The molecule has 0 heterocycles. The fourth-order valence-corrected chi connectivity index (χ4v) is 4.66. The maximum Gasteiger partial charge on any atom is 0.416 e. The molecule has 2 aromatic carbocycles. The maximum absolute atomic E-state index is 12.9. The molecule has 0 aliphatic rings. The summed E-state index contributed by atoms with van der Waals surface area (Å²) in [6.07, 6.45) is -2.91. The molecule has 0 amide bonds. The number of hydrogen-bond acceptors (Lipinski definition) is 4. The number of hydrogen-bond donors (Lipinski definition) is 1. The Morgan fingerprint density at radius 3 is 2.06 bits per heavy atom. The van der Waals surface area contributed by atoms with Crippen LogP contribution >= 0.6 is 0 Å². The van der Waals surface area contributed by atoms with E-state index in [1.54, 1.807) is 24.3 Å². The molecule has 182 valence electrons. The van der Waals surface area contributed by atoms with Gasteiger partial charge in [-0.1, -0.05) is 19.1 Å². The topological polar surface area (TPSA) is 83.9 Å². The van der Waals surface area contributed by atoms with Crippen molar-refractivity contribution < 1.29 is 36.2 Å². The minimum atomic E-state index is -4.53. The molecule has 0 unspecified atom stereocenters. The standard InChI is InChI=1S/C23H28F3NO5S/c1-4-15-27(33(30,31)20-13-9-18(10-14-20)23(24,25)26)16-5-6-17-7-11-19(12-8-17)32-22(2,3)21(28)29/h7-14H,4-6,15-16H2,1-3H3,(H,28,29). The number of carboxylic acid groups (broad SMARTS) is 1. The highest BCUT2D eigenvalue weighted by molar-refractivity contribution is 7.89. The van der Waals surface area contributed by atoms with Crippen LogP contribution in [0.4, 0.5) is 13.2 Å². The first kappa shape index (κ1) is 26.7. The number of nitrogens with zero attached hydrogens (tertiary/aromatic N) is 1. The lowest BCUT2D eigenvalue weighted by Gasteiger charge is -2.22. The number of carbonyl (C=O) groups is 1. The quantitative estimate of drug-likeness (QED) is 0.483. The average Bonchev–Trinajstić information content (AvgIpc) is 2.73. The molecule has 10 heteroatoms. The van der Waals surface area contributed by atoms with Crippen molar-refractivity contribution >= 4 is 16.0 Å². The molecular weight excluding hydrogens is 459 g/mol. The van der Waals surface area contributed by atoms with E-state index in [1.807, 2.05) is 6.92 Å². The molecule has 0 aromatic heterocycles. The Bertz CT molecular complexity index is 1030. The number of rotatable bonds is 11. The van der Waals surface area contributed by atoms with Gasteiger partial charge in [0, 0.05) is 13.1 Å². The average molecular weight is 488 g/mol. The van der Waals surface area contributed by atoms with Crippen molar-refractivity contribution in [2.75, 3.05) is 13.1 Å². The summed E-state index contributed by atoms with van der Waals surface area (Å²) in [5.41, 5.74) is -1.35. The van der Waals surface area contributed by atoms with E-state index in [9.17, 15) is 26.4 Å². The predicted octanol–water partition coefficient (Wildman–Crippen LogP) is 4.98. The SMILES string of the molecule is CCCN(CCCc1ccc(OC(C)(C)C(=O)O)cc1)S(=O)(=O)c1ccc(C(F)(F)F)cc1. The molecular formula is C23H28F3NO5S. The number of benzene rings is 2. The van der Waals surface area contributed by atoms with E-state index < -0.39 is 33.3 Å². The Morgan fingerprint density at radius 1 is 1.00 bits per heavy atom. The predicted molar refractivity (Wildman–Crippen MR) is 118 cm³/mol. The van der Waals surface area contributed by atoms with Crippen LogP contribution < -0.4 is 4.74 Å². The van der Waals surface area contributed by atoms with Gasteiger partial charge >= 0.3 is 12.1 Å². The molecule has 0 bridgehead atoms. The van der Waals surface area contributed by atoms with Crippen LogP contribution in [0, 0.1) is 0 Å². The van der Waals surface area contributed by atoms with Crippen LogP contribution in [0.1, 0.15) is 44.7 Å². The summed E-state index contributed by atoms with van der Waals surface area (Å²) in [4.78, 5) is 11.0. The second-order valence-electron chi connectivity index (χ2n) is 8.09. The number of halogens is 3. The second-order valence-corrected chi connectivity index (χ2v) is 10.0. The molecule has 0 radical (unpaired) electrons. The summed E-state index contributed by atoms with van der Waals surface area (Å²) in [6.45, 7) is 5.18. The van der Waals surface area contributed by atoms with E-state index >= 15 is 0 Å². The molecule has 0 saturated carbocycles. The lowest BCUT2D eigenvalue weighted by Crippen LogP contribution is -2.37. The van der Waals surface area contributed by atoms with Crippen LogP contribution in [0.15, 0.2) is 53.4 Å². The summed E-state index contributed by atoms with van der Waals surface area (Å²) in [7, 11) is -3.92. The molecule has 1 N–H and O–H groups in total. The molecule has 2 aromatic rings. The monoisotopic (exact) mass is 487 g/mol. The van der Waals surface area contributed by atoms with Gasteiger partial charge in [0.05, 0.1) is 10.5 Å². The molecule has 0 fully saturated rings. The van der Waals surface area contributed by atoms with Gasteiger partial charge in [0.2, 0.25) is 10.0 Å². The Labute approximate surface area is 192 Å². The first-order valence-corrected chi connectivity index (χ1v) is 11.9. The van der Waals surface area contributed by atoms with Crippen LogP contribution in [0.5, 0.6) is 5.75 Å². The van der Waals surface area contributed by atoms with Gasteiger partial charge in [-0.2, -0.15) is 17.5 Å². The first-order valence-electron chi connectivity index (χ1n) is 10.5. The van der Waals surface area contributed by atoms with E-state index in [4.69, 9.17) is 9.84 Å². The Morgan fingerprint density at radius 2 is 1.58 bits per heavy atom. The normalized spacial score (nSPS) is 12.7. The summed E-state index contributed by atoms with van der Waals surface area (Å²) in [5, 5.41) is 9.14. The van der Waals surface area contributed by atoms with Crippen molar-refractivity contribution in [1.29, 1.82) is 0 Å². The highest BCUT2D eigenvalue weighted by Crippen LogP contribution is 2.30. The van der Waals surface area contributed by atoms with E-state index in [0.29, 0.717) is 25.0 Å². The fraction of sp³-hybridized carbons (Fsp3) is 0.435. The zero-order valence-corrected chi connectivity index (χ0v) is 19.5. The number of aryl methyl sites for hydroxylation is 1. The van der Waals surface area contributed by atoms with Crippen molar-refractivity contribution in [2.24, 2.45) is 0 Å².